The summed E-state index contributed by atoms with van der Waals surface area (Å²) in [5.74, 6) is 0.351. The van der Waals surface area contributed by atoms with E-state index < -0.39 is 5.60 Å². The largest absolute Gasteiger partial charge is 0.385 e. The summed E-state index contributed by atoms with van der Waals surface area (Å²) >= 11 is 0. The molecule has 0 aliphatic rings. The van der Waals surface area contributed by atoms with Crippen LogP contribution in [0.25, 0.3) is 0 Å². The first-order chi connectivity index (χ1) is 9.03. The quantitative estimate of drug-likeness (QED) is 0.900. The molecule has 1 aromatic carbocycles. The van der Waals surface area contributed by atoms with E-state index in [9.17, 15) is 9.50 Å². The van der Waals surface area contributed by atoms with Crippen LogP contribution in [0.3, 0.4) is 0 Å². The van der Waals surface area contributed by atoms with Crippen molar-refractivity contribution < 1.29 is 9.50 Å². The summed E-state index contributed by atoms with van der Waals surface area (Å²) in [5.41, 5.74) is -0.626. The Bertz CT molecular complexity index is 551. The minimum absolute atomic E-state index is 0.302. The maximum atomic E-state index is 13.2. The van der Waals surface area contributed by atoms with Gasteiger partial charge < -0.3 is 5.11 Å². The van der Waals surface area contributed by atoms with Crippen molar-refractivity contribution in [2.24, 2.45) is 0 Å². The number of aromatic nitrogens is 3. The molecule has 19 heavy (non-hydrogen) atoms. The van der Waals surface area contributed by atoms with E-state index in [2.05, 4.69) is 17.0 Å². The van der Waals surface area contributed by atoms with Crippen LogP contribution in [0.2, 0.25) is 0 Å². The van der Waals surface area contributed by atoms with Crippen molar-refractivity contribution in [3.8, 4) is 0 Å². The van der Waals surface area contributed by atoms with Crippen LogP contribution in [0, 0.1) is 5.82 Å². The summed E-state index contributed by atoms with van der Waals surface area (Å²) in [7, 11) is 0. The second-order valence-electron chi connectivity index (χ2n) is 4.86. The molecule has 4 nitrogen and oxygen atoms in total. The first-order valence-electron chi connectivity index (χ1n) is 6.38. The second-order valence-corrected chi connectivity index (χ2v) is 4.86. The minimum Gasteiger partial charge on any atom is -0.385 e. The Hall–Kier alpha value is -1.75. The van der Waals surface area contributed by atoms with E-state index in [0.29, 0.717) is 17.8 Å². The Labute approximate surface area is 111 Å². The van der Waals surface area contributed by atoms with Gasteiger partial charge in [-0.25, -0.2) is 14.1 Å². The van der Waals surface area contributed by atoms with Gasteiger partial charge in [-0.2, -0.15) is 5.10 Å². The van der Waals surface area contributed by atoms with Gasteiger partial charge in [-0.15, -0.1) is 0 Å². The highest BCUT2D eigenvalue weighted by molar-refractivity contribution is 5.23. The molecule has 0 radical (unpaired) electrons. The van der Waals surface area contributed by atoms with Crippen LogP contribution < -0.4 is 0 Å². The van der Waals surface area contributed by atoms with Crippen LogP contribution in [0.1, 0.15) is 31.7 Å². The standard InChI is InChI=1S/C14H18FN3O/c1-3-7-18-13(16-10-17-18)9-14(2,19)11-5-4-6-12(15)8-11/h4-6,8,10,19H,3,7,9H2,1-2H3. The molecular formula is C14H18FN3O. The zero-order valence-corrected chi connectivity index (χ0v) is 11.2. The molecule has 0 amide bonds. The average Bonchev–Trinajstić information content (AvgIpc) is 2.76. The highest BCUT2D eigenvalue weighted by Crippen LogP contribution is 2.25. The number of aryl methyl sites for hydroxylation is 1. The van der Waals surface area contributed by atoms with E-state index in [1.807, 2.05) is 0 Å². The van der Waals surface area contributed by atoms with E-state index in [0.717, 1.165) is 13.0 Å². The lowest BCUT2D eigenvalue weighted by Crippen LogP contribution is -2.26. The van der Waals surface area contributed by atoms with Gasteiger partial charge in [0.15, 0.2) is 0 Å². The van der Waals surface area contributed by atoms with Crippen molar-refractivity contribution in [2.45, 2.75) is 38.8 Å². The van der Waals surface area contributed by atoms with Crippen molar-refractivity contribution in [1.29, 1.82) is 0 Å². The van der Waals surface area contributed by atoms with Gasteiger partial charge in [0.1, 0.15) is 18.0 Å². The van der Waals surface area contributed by atoms with Crippen LogP contribution in [0.15, 0.2) is 30.6 Å². The SMILES string of the molecule is CCCn1ncnc1CC(C)(O)c1cccc(F)c1. The third-order valence-corrected chi connectivity index (χ3v) is 3.08. The van der Waals surface area contributed by atoms with Gasteiger partial charge in [0.2, 0.25) is 0 Å². The van der Waals surface area contributed by atoms with Crippen molar-refractivity contribution >= 4 is 0 Å². The molecule has 5 heteroatoms. The topological polar surface area (TPSA) is 50.9 Å². The van der Waals surface area contributed by atoms with E-state index >= 15 is 0 Å². The second kappa shape index (κ2) is 5.48. The molecule has 1 N–H and O–H groups in total. The summed E-state index contributed by atoms with van der Waals surface area (Å²) in [5, 5.41) is 14.6. The van der Waals surface area contributed by atoms with Crippen molar-refractivity contribution in [1.82, 2.24) is 14.8 Å². The molecule has 0 saturated heterocycles. The number of hydrogen-bond acceptors (Lipinski definition) is 3. The Morgan fingerprint density at radius 3 is 2.89 bits per heavy atom. The molecular weight excluding hydrogens is 245 g/mol. The Balaban J connectivity index is 2.23. The molecule has 1 unspecified atom stereocenters. The number of nitrogens with zero attached hydrogens (tertiary/aromatic N) is 3. The van der Waals surface area contributed by atoms with E-state index in [-0.39, 0.29) is 5.82 Å². The lowest BCUT2D eigenvalue weighted by Gasteiger charge is -2.23. The first kappa shape index (κ1) is 13.7. The average molecular weight is 263 g/mol. The van der Waals surface area contributed by atoms with E-state index in [1.54, 1.807) is 23.7 Å². The summed E-state index contributed by atoms with van der Waals surface area (Å²) in [6.07, 6.45) is 2.72. The highest BCUT2D eigenvalue weighted by atomic mass is 19.1. The number of aliphatic hydroxyl groups is 1. The first-order valence-corrected chi connectivity index (χ1v) is 6.38. The van der Waals surface area contributed by atoms with Crippen LogP contribution >= 0.6 is 0 Å². The molecule has 0 saturated carbocycles. The predicted molar refractivity (Wildman–Crippen MR) is 70.0 cm³/mol. The summed E-state index contributed by atoms with van der Waals surface area (Å²) in [6, 6.07) is 6.01. The van der Waals surface area contributed by atoms with Crippen molar-refractivity contribution in [2.75, 3.05) is 0 Å². The zero-order chi connectivity index (χ0) is 13.9. The molecule has 2 rings (SSSR count). The molecule has 1 heterocycles. The highest BCUT2D eigenvalue weighted by Gasteiger charge is 2.26. The Morgan fingerprint density at radius 2 is 2.21 bits per heavy atom. The number of halogens is 1. The van der Waals surface area contributed by atoms with Gasteiger partial charge in [-0.1, -0.05) is 19.1 Å². The predicted octanol–water partition coefficient (Wildman–Crippen LogP) is 2.28. The molecule has 0 spiro atoms. The zero-order valence-electron chi connectivity index (χ0n) is 11.2. The van der Waals surface area contributed by atoms with Gasteiger partial charge in [-0.3, -0.25) is 0 Å². The van der Waals surface area contributed by atoms with Crippen LogP contribution in [0.4, 0.5) is 4.39 Å². The molecule has 0 aliphatic heterocycles. The summed E-state index contributed by atoms with van der Waals surface area (Å²) in [6.45, 7) is 4.47. The van der Waals surface area contributed by atoms with Crippen LogP contribution in [-0.4, -0.2) is 19.9 Å². The van der Waals surface area contributed by atoms with Gasteiger partial charge in [0, 0.05) is 13.0 Å². The molecule has 2 aromatic rings. The monoisotopic (exact) mass is 263 g/mol. The minimum atomic E-state index is -1.17. The normalized spacial score (nSPS) is 14.3. The molecule has 102 valence electrons. The molecule has 1 aromatic heterocycles. The maximum Gasteiger partial charge on any atom is 0.138 e. The van der Waals surface area contributed by atoms with Crippen molar-refractivity contribution in [3.05, 3.63) is 47.8 Å². The molecule has 1 atom stereocenters. The Morgan fingerprint density at radius 1 is 1.42 bits per heavy atom. The summed E-state index contributed by atoms with van der Waals surface area (Å²) < 4.78 is 15.0. The van der Waals surface area contributed by atoms with Gasteiger partial charge in [-0.05, 0) is 31.0 Å². The van der Waals surface area contributed by atoms with E-state index in [1.165, 1.54) is 18.5 Å². The number of rotatable bonds is 5. The fourth-order valence-corrected chi connectivity index (χ4v) is 2.06. The van der Waals surface area contributed by atoms with E-state index in [4.69, 9.17) is 0 Å². The lowest BCUT2D eigenvalue weighted by atomic mass is 9.92. The molecule has 0 aliphatic carbocycles. The van der Waals surface area contributed by atoms with Crippen LogP contribution in [0.5, 0.6) is 0 Å². The van der Waals surface area contributed by atoms with Gasteiger partial charge >= 0.3 is 0 Å². The summed E-state index contributed by atoms with van der Waals surface area (Å²) in [4.78, 5) is 4.17. The third-order valence-electron chi connectivity index (χ3n) is 3.08. The fourth-order valence-electron chi connectivity index (χ4n) is 2.06. The van der Waals surface area contributed by atoms with Gasteiger partial charge in [0.25, 0.3) is 0 Å². The third kappa shape index (κ3) is 3.17. The van der Waals surface area contributed by atoms with Crippen LogP contribution in [-0.2, 0) is 18.6 Å². The number of hydrogen-bond donors (Lipinski definition) is 1. The van der Waals surface area contributed by atoms with Crippen molar-refractivity contribution in [3.63, 3.8) is 0 Å². The molecule has 0 fully saturated rings. The smallest absolute Gasteiger partial charge is 0.138 e. The number of benzene rings is 1. The molecule has 0 bridgehead atoms. The lowest BCUT2D eigenvalue weighted by molar-refractivity contribution is 0.0539. The fraction of sp³-hybridized carbons (Fsp3) is 0.429. The maximum absolute atomic E-state index is 13.2. The Kier molecular flexibility index (Phi) is 3.95. The van der Waals surface area contributed by atoms with Gasteiger partial charge in [0.05, 0.1) is 5.60 Å².